The van der Waals surface area contributed by atoms with Crippen LogP contribution >= 0.6 is 0 Å². The minimum atomic E-state index is -0.332. The number of carbonyl (C=O) groups excluding carboxylic acids is 1. The molecule has 0 amide bonds. The summed E-state index contributed by atoms with van der Waals surface area (Å²) in [5.74, 6) is -0.332. The minimum Gasteiger partial charge on any atom is -0.462 e. The normalized spacial score (nSPS) is 11.8. The molecule has 0 fully saturated rings. The number of rotatable bonds is 5. The second-order valence-corrected chi connectivity index (χ2v) is 3.14. The van der Waals surface area contributed by atoms with E-state index in [4.69, 9.17) is 10.5 Å². The number of ether oxygens (including phenoxy) is 1. The molecular weight excluding hydrogens is 168 g/mol. The highest BCUT2D eigenvalue weighted by Gasteiger charge is 2.03. The Hall–Kier alpha value is -1.03. The second-order valence-electron chi connectivity index (χ2n) is 3.14. The van der Waals surface area contributed by atoms with E-state index in [9.17, 15) is 4.79 Å². The highest BCUT2D eigenvalue weighted by atomic mass is 16.5. The molecule has 0 radical (unpaired) electrons. The van der Waals surface area contributed by atoms with Gasteiger partial charge in [0.15, 0.2) is 0 Å². The summed E-state index contributed by atoms with van der Waals surface area (Å²) in [6.07, 6.45) is 2.10. The molecule has 0 spiro atoms. The lowest BCUT2D eigenvalue weighted by Crippen LogP contribution is -2.16. The van der Waals surface area contributed by atoms with Crippen molar-refractivity contribution >= 4 is 5.97 Å². The van der Waals surface area contributed by atoms with Crippen molar-refractivity contribution < 1.29 is 9.53 Å². The molecule has 0 aliphatic heterocycles. The van der Waals surface area contributed by atoms with E-state index in [0.717, 1.165) is 13.0 Å². The molecule has 0 unspecified atom stereocenters. The molecule has 4 heteroatoms. The fraction of sp³-hybridized carbons (Fsp3) is 0.667. The fourth-order valence-corrected chi connectivity index (χ4v) is 0.728. The van der Waals surface area contributed by atoms with Crippen molar-refractivity contribution in [2.24, 2.45) is 5.73 Å². The van der Waals surface area contributed by atoms with Crippen molar-refractivity contribution in [2.75, 3.05) is 27.2 Å². The van der Waals surface area contributed by atoms with Gasteiger partial charge in [-0.25, -0.2) is 4.79 Å². The Labute approximate surface area is 79.3 Å². The maximum atomic E-state index is 11.0. The Kier molecular flexibility index (Phi) is 5.97. The second kappa shape index (κ2) is 6.48. The first-order chi connectivity index (χ1) is 6.07. The lowest BCUT2D eigenvalue weighted by Gasteiger charge is -2.09. The average Bonchev–Trinajstić information content (AvgIpc) is 2.10. The Balaban J connectivity index is 3.49. The molecule has 0 atom stereocenters. The number of hydrogen-bond acceptors (Lipinski definition) is 4. The van der Waals surface area contributed by atoms with E-state index in [0.29, 0.717) is 12.2 Å². The molecule has 0 rings (SSSR count). The lowest BCUT2D eigenvalue weighted by atomic mass is 10.3. The van der Waals surface area contributed by atoms with E-state index in [2.05, 4.69) is 0 Å². The first kappa shape index (κ1) is 12.0. The number of esters is 1. The van der Waals surface area contributed by atoms with E-state index >= 15 is 0 Å². The highest BCUT2D eigenvalue weighted by Crippen LogP contribution is 1.95. The van der Waals surface area contributed by atoms with Crippen molar-refractivity contribution in [3.8, 4) is 0 Å². The Morgan fingerprint density at radius 3 is 2.62 bits per heavy atom. The highest BCUT2D eigenvalue weighted by molar-refractivity contribution is 5.87. The Morgan fingerprint density at radius 2 is 2.15 bits per heavy atom. The van der Waals surface area contributed by atoms with Crippen LogP contribution in [-0.2, 0) is 9.53 Å². The van der Waals surface area contributed by atoms with Crippen LogP contribution < -0.4 is 5.73 Å². The molecule has 0 aliphatic rings. The Morgan fingerprint density at radius 1 is 1.54 bits per heavy atom. The zero-order valence-electron chi connectivity index (χ0n) is 8.54. The fourth-order valence-electron chi connectivity index (χ4n) is 0.728. The van der Waals surface area contributed by atoms with Gasteiger partial charge in [-0.3, -0.25) is 0 Å². The van der Waals surface area contributed by atoms with Gasteiger partial charge in [0.05, 0.1) is 6.61 Å². The maximum absolute atomic E-state index is 11.0. The number of nitrogens with two attached hydrogens (primary N) is 1. The number of carbonyl (C=O) groups is 1. The van der Waals surface area contributed by atoms with Crippen LogP contribution in [-0.4, -0.2) is 38.1 Å². The Bertz CT molecular complexity index is 188. The summed E-state index contributed by atoms with van der Waals surface area (Å²) < 4.78 is 4.93. The van der Waals surface area contributed by atoms with Gasteiger partial charge in [0.25, 0.3) is 0 Å². The molecule has 0 bridgehead atoms. The molecule has 0 aromatic rings. The first-order valence-electron chi connectivity index (χ1n) is 4.28. The molecular formula is C9H18N2O2. The molecule has 0 heterocycles. The summed E-state index contributed by atoms with van der Waals surface area (Å²) in [6.45, 7) is 3.00. The van der Waals surface area contributed by atoms with E-state index in [-0.39, 0.29) is 5.97 Å². The molecule has 2 N–H and O–H groups in total. The molecule has 13 heavy (non-hydrogen) atoms. The van der Waals surface area contributed by atoms with Crippen molar-refractivity contribution in [1.29, 1.82) is 0 Å². The molecule has 0 saturated carbocycles. The summed E-state index contributed by atoms with van der Waals surface area (Å²) in [5.41, 5.74) is 5.60. The zero-order valence-corrected chi connectivity index (χ0v) is 8.54. The van der Waals surface area contributed by atoms with Gasteiger partial charge in [-0.1, -0.05) is 0 Å². The van der Waals surface area contributed by atoms with E-state index in [1.807, 2.05) is 19.0 Å². The first-order valence-corrected chi connectivity index (χ1v) is 4.28. The largest absolute Gasteiger partial charge is 0.462 e. The molecule has 0 aliphatic carbocycles. The quantitative estimate of drug-likeness (QED) is 0.382. The lowest BCUT2D eigenvalue weighted by molar-refractivity contribution is -0.139. The SMILES string of the molecule is CC(=CN)C(=O)OCCCN(C)C. The maximum Gasteiger partial charge on any atom is 0.335 e. The third kappa shape index (κ3) is 6.16. The summed E-state index contributed by atoms with van der Waals surface area (Å²) in [7, 11) is 3.96. The van der Waals surface area contributed by atoms with Crippen molar-refractivity contribution in [3.63, 3.8) is 0 Å². The predicted molar refractivity (Wildman–Crippen MR) is 52.1 cm³/mol. The van der Waals surface area contributed by atoms with Gasteiger partial charge in [0, 0.05) is 18.3 Å². The predicted octanol–water partition coefficient (Wildman–Crippen LogP) is 0.344. The third-order valence-electron chi connectivity index (χ3n) is 1.55. The summed E-state index contributed by atoms with van der Waals surface area (Å²) in [5, 5.41) is 0. The van der Waals surface area contributed by atoms with E-state index in [1.165, 1.54) is 6.20 Å². The van der Waals surface area contributed by atoms with E-state index < -0.39 is 0 Å². The molecule has 0 aromatic heterocycles. The van der Waals surface area contributed by atoms with Crippen LogP contribution in [0.4, 0.5) is 0 Å². The van der Waals surface area contributed by atoms with Crippen LogP contribution in [0.3, 0.4) is 0 Å². The van der Waals surface area contributed by atoms with Crippen LogP contribution in [0.25, 0.3) is 0 Å². The third-order valence-corrected chi connectivity index (χ3v) is 1.55. The standard InChI is InChI=1S/C9H18N2O2/c1-8(7-10)9(12)13-6-4-5-11(2)3/h7H,4-6,10H2,1-3H3. The zero-order chi connectivity index (χ0) is 10.3. The van der Waals surface area contributed by atoms with Gasteiger partial charge in [-0.2, -0.15) is 0 Å². The molecule has 0 saturated heterocycles. The van der Waals surface area contributed by atoms with Crippen LogP contribution in [0.5, 0.6) is 0 Å². The van der Waals surface area contributed by atoms with Crippen molar-refractivity contribution in [3.05, 3.63) is 11.8 Å². The monoisotopic (exact) mass is 186 g/mol. The van der Waals surface area contributed by atoms with Gasteiger partial charge < -0.3 is 15.4 Å². The summed E-state index contributed by atoms with van der Waals surface area (Å²) in [6, 6.07) is 0. The summed E-state index contributed by atoms with van der Waals surface area (Å²) >= 11 is 0. The molecule has 76 valence electrons. The topological polar surface area (TPSA) is 55.6 Å². The van der Waals surface area contributed by atoms with Crippen LogP contribution in [0.1, 0.15) is 13.3 Å². The van der Waals surface area contributed by atoms with Crippen LogP contribution in [0, 0.1) is 0 Å². The smallest absolute Gasteiger partial charge is 0.335 e. The van der Waals surface area contributed by atoms with Gasteiger partial charge in [-0.05, 0) is 27.4 Å². The van der Waals surface area contributed by atoms with Gasteiger partial charge in [-0.15, -0.1) is 0 Å². The number of nitrogens with zero attached hydrogens (tertiary/aromatic N) is 1. The van der Waals surface area contributed by atoms with Gasteiger partial charge >= 0.3 is 5.97 Å². The minimum absolute atomic E-state index is 0.332. The summed E-state index contributed by atoms with van der Waals surface area (Å²) in [4.78, 5) is 13.1. The molecule has 4 nitrogen and oxygen atoms in total. The van der Waals surface area contributed by atoms with Gasteiger partial charge in [0.1, 0.15) is 0 Å². The van der Waals surface area contributed by atoms with Crippen LogP contribution in [0.2, 0.25) is 0 Å². The van der Waals surface area contributed by atoms with Gasteiger partial charge in [0.2, 0.25) is 0 Å². The van der Waals surface area contributed by atoms with Crippen molar-refractivity contribution in [1.82, 2.24) is 4.90 Å². The van der Waals surface area contributed by atoms with Crippen LogP contribution in [0.15, 0.2) is 11.8 Å². The average molecular weight is 186 g/mol. The van der Waals surface area contributed by atoms with Crippen molar-refractivity contribution in [2.45, 2.75) is 13.3 Å². The van der Waals surface area contributed by atoms with E-state index in [1.54, 1.807) is 6.92 Å². The number of hydrogen-bond donors (Lipinski definition) is 1. The molecule has 0 aromatic carbocycles.